The molecule has 0 spiro atoms. The molecule has 0 aliphatic rings. The van der Waals surface area contributed by atoms with E-state index in [0.717, 1.165) is 22.7 Å². The molecule has 0 radical (unpaired) electrons. The Kier molecular flexibility index (Phi) is 6.84. The fourth-order valence-corrected chi connectivity index (χ4v) is 7.03. The van der Waals surface area contributed by atoms with Crippen molar-refractivity contribution in [3.05, 3.63) is 194 Å². The second kappa shape index (κ2) is 11.8. The Balaban J connectivity index is 1.16. The maximum absolute atomic E-state index is 2.37. The molecular formula is C46H32N2. The summed E-state index contributed by atoms with van der Waals surface area (Å²) in [5, 5.41) is 5.03. The molecule has 0 atom stereocenters. The van der Waals surface area contributed by atoms with Gasteiger partial charge in [0.05, 0.1) is 11.0 Å². The summed E-state index contributed by atoms with van der Waals surface area (Å²) in [6.45, 7) is 0. The predicted octanol–water partition coefficient (Wildman–Crippen LogP) is 12.7. The van der Waals surface area contributed by atoms with E-state index < -0.39 is 0 Å². The molecule has 1 heterocycles. The van der Waals surface area contributed by atoms with Crippen LogP contribution in [0.5, 0.6) is 0 Å². The lowest BCUT2D eigenvalue weighted by molar-refractivity contribution is 1.17. The average Bonchev–Trinajstić information content (AvgIpc) is 3.50. The zero-order chi connectivity index (χ0) is 31.9. The van der Waals surface area contributed by atoms with Crippen LogP contribution in [0.4, 0.5) is 17.1 Å². The monoisotopic (exact) mass is 612 g/mol. The first-order chi connectivity index (χ1) is 23.8. The number of hydrogen-bond acceptors (Lipinski definition) is 1. The summed E-state index contributed by atoms with van der Waals surface area (Å²) in [6.07, 6.45) is 0. The van der Waals surface area contributed by atoms with Crippen LogP contribution < -0.4 is 4.90 Å². The molecule has 9 rings (SSSR count). The van der Waals surface area contributed by atoms with E-state index in [2.05, 4.69) is 204 Å². The van der Waals surface area contributed by atoms with Crippen molar-refractivity contribution in [3.63, 3.8) is 0 Å². The Morgan fingerprint density at radius 2 is 0.833 bits per heavy atom. The number of para-hydroxylation sites is 2. The second-order valence-electron chi connectivity index (χ2n) is 12.2. The third kappa shape index (κ3) is 4.92. The smallest absolute Gasteiger partial charge is 0.0541 e. The standard InChI is InChI=1S/C46H32N2/c1-2-11-33(12-3-1)35-23-25-39(26-24-35)47(42-16-10-15-37(32-42)38-22-21-34-13-4-5-14-36(34)31-38)40-27-29-41(30-28-40)48-45-19-8-6-17-43(45)44-18-7-9-20-46(44)48/h1-32H. The Morgan fingerprint density at radius 1 is 0.312 bits per heavy atom. The number of aromatic nitrogens is 1. The SMILES string of the molecule is c1ccc(-c2ccc(N(c3ccc(-n4c5ccccc5c5ccccc54)cc3)c3cccc(-c4ccc5ccccc5c4)c3)cc2)cc1. The van der Waals surface area contributed by atoms with E-state index in [9.17, 15) is 0 Å². The Bertz CT molecular complexity index is 2490. The fraction of sp³-hybridized carbons (Fsp3) is 0. The van der Waals surface area contributed by atoms with E-state index in [0.29, 0.717) is 0 Å². The zero-order valence-electron chi connectivity index (χ0n) is 26.4. The van der Waals surface area contributed by atoms with Gasteiger partial charge in [0.1, 0.15) is 0 Å². The topological polar surface area (TPSA) is 8.17 Å². The van der Waals surface area contributed by atoms with Crippen molar-refractivity contribution in [1.82, 2.24) is 4.57 Å². The molecular weight excluding hydrogens is 581 g/mol. The average molecular weight is 613 g/mol. The molecule has 0 aliphatic carbocycles. The lowest BCUT2D eigenvalue weighted by Gasteiger charge is -2.26. The van der Waals surface area contributed by atoms with Crippen molar-refractivity contribution >= 4 is 49.6 Å². The number of hydrogen-bond donors (Lipinski definition) is 0. The Hall–Kier alpha value is -6.38. The largest absolute Gasteiger partial charge is 0.310 e. The Labute approximate surface area is 280 Å². The molecule has 0 saturated carbocycles. The van der Waals surface area contributed by atoms with Crippen molar-refractivity contribution in [3.8, 4) is 27.9 Å². The maximum Gasteiger partial charge on any atom is 0.0541 e. The van der Waals surface area contributed by atoms with Gasteiger partial charge in [-0.1, -0.05) is 127 Å². The van der Waals surface area contributed by atoms with Crippen molar-refractivity contribution in [2.24, 2.45) is 0 Å². The van der Waals surface area contributed by atoms with Crippen molar-refractivity contribution < 1.29 is 0 Å². The highest BCUT2D eigenvalue weighted by atomic mass is 15.1. The highest BCUT2D eigenvalue weighted by molar-refractivity contribution is 6.09. The van der Waals surface area contributed by atoms with Crippen LogP contribution in [-0.4, -0.2) is 4.57 Å². The first-order valence-electron chi connectivity index (χ1n) is 16.4. The Morgan fingerprint density at radius 3 is 1.54 bits per heavy atom. The van der Waals surface area contributed by atoms with Gasteiger partial charge in [-0.05, 0) is 99.8 Å². The fourth-order valence-electron chi connectivity index (χ4n) is 7.03. The molecule has 0 fully saturated rings. The number of fused-ring (bicyclic) bond motifs is 4. The van der Waals surface area contributed by atoms with Gasteiger partial charge >= 0.3 is 0 Å². The van der Waals surface area contributed by atoms with Gasteiger partial charge in [0, 0.05) is 33.5 Å². The summed E-state index contributed by atoms with van der Waals surface area (Å²) in [6, 6.07) is 69.9. The summed E-state index contributed by atoms with van der Waals surface area (Å²) in [5.74, 6) is 0. The van der Waals surface area contributed by atoms with Crippen LogP contribution in [0.25, 0.3) is 60.5 Å². The van der Waals surface area contributed by atoms with Crippen LogP contribution >= 0.6 is 0 Å². The molecule has 2 nitrogen and oxygen atoms in total. The molecule has 9 aromatic rings. The lowest BCUT2D eigenvalue weighted by atomic mass is 10.0. The van der Waals surface area contributed by atoms with Crippen molar-refractivity contribution in [1.29, 1.82) is 0 Å². The van der Waals surface area contributed by atoms with Crippen LogP contribution in [-0.2, 0) is 0 Å². The normalized spacial score (nSPS) is 11.3. The van der Waals surface area contributed by atoms with Crippen LogP contribution in [0.3, 0.4) is 0 Å². The highest BCUT2D eigenvalue weighted by Crippen LogP contribution is 2.39. The summed E-state index contributed by atoms with van der Waals surface area (Å²) in [5.41, 5.74) is 11.7. The number of nitrogens with zero attached hydrogens (tertiary/aromatic N) is 2. The molecule has 0 saturated heterocycles. The van der Waals surface area contributed by atoms with Gasteiger partial charge in [0.25, 0.3) is 0 Å². The van der Waals surface area contributed by atoms with Crippen molar-refractivity contribution in [2.45, 2.75) is 0 Å². The van der Waals surface area contributed by atoms with E-state index in [4.69, 9.17) is 0 Å². The van der Waals surface area contributed by atoms with E-state index in [1.807, 2.05) is 0 Å². The summed E-state index contributed by atoms with van der Waals surface area (Å²) < 4.78 is 2.37. The van der Waals surface area contributed by atoms with Gasteiger partial charge in [-0.2, -0.15) is 0 Å². The molecule has 226 valence electrons. The zero-order valence-corrected chi connectivity index (χ0v) is 26.4. The van der Waals surface area contributed by atoms with Gasteiger partial charge in [-0.25, -0.2) is 0 Å². The minimum absolute atomic E-state index is 1.10. The second-order valence-corrected chi connectivity index (χ2v) is 12.2. The summed E-state index contributed by atoms with van der Waals surface area (Å²) in [4.78, 5) is 2.36. The molecule has 1 aromatic heterocycles. The maximum atomic E-state index is 2.37. The highest BCUT2D eigenvalue weighted by Gasteiger charge is 2.16. The molecule has 0 aliphatic heterocycles. The molecule has 0 N–H and O–H groups in total. The van der Waals surface area contributed by atoms with Gasteiger partial charge in [-0.15, -0.1) is 0 Å². The molecule has 0 unspecified atom stereocenters. The van der Waals surface area contributed by atoms with Crippen LogP contribution in [0.15, 0.2) is 194 Å². The minimum atomic E-state index is 1.10. The van der Waals surface area contributed by atoms with Gasteiger partial charge in [-0.3, -0.25) is 0 Å². The number of rotatable bonds is 6. The summed E-state index contributed by atoms with van der Waals surface area (Å²) in [7, 11) is 0. The van der Waals surface area contributed by atoms with E-state index in [1.165, 1.54) is 54.8 Å². The van der Waals surface area contributed by atoms with Crippen LogP contribution in [0.2, 0.25) is 0 Å². The van der Waals surface area contributed by atoms with Crippen LogP contribution in [0.1, 0.15) is 0 Å². The van der Waals surface area contributed by atoms with Gasteiger partial charge in [0.15, 0.2) is 0 Å². The molecule has 0 amide bonds. The number of benzene rings is 8. The summed E-state index contributed by atoms with van der Waals surface area (Å²) >= 11 is 0. The van der Waals surface area contributed by atoms with Crippen molar-refractivity contribution in [2.75, 3.05) is 4.90 Å². The third-order valence-electron chi connectivity index (χ3n) is 9.37. The third-order valence-corrected chi connectivity index (χ3v) is 9.37. The van der Waals surface area contributed by atoms with E-state index in [-0.39, 0.29) is 0 Å². The minimum Gasteiger partial charge on any atom is -0.310 e. The van der Waals surface area contributed by atoms with Gasteiger partial charge < -0.3 is 9.47 Å². The van der Waals surface area contributed by atoms with Gasteiger partial charge in [0.2, 0.25) is 0 Å². The molecule has 2 heteroatoms. The molecule has 8 aromatic carbocycles. The first-order valence-corrected chi connectivity index (χ1v) is 16.4. The first kappa shape index (κ1) is 27.9. The van der Waals surface area contributed by atoms with Crippen LogP contribution in [0, 0.1) is 0 Å². The quantitative estimate of drug-likeness (QED) is 0.181. The lowest BCUT2D eigenvalue weighted by Crippen LogP contribution is -2.10. The predicted molar refractivity (Wildman–Crippen MR) is 204 cm³/mol. The molecule has 48 heavy (non-hydrogen) atoms. The van der Waals surface area contributed by atoms with E-state index >= 15 is 0 Å². The number of anilines is 3. The molecule has 0 bridgehead atoms. The van der Waals surface area contributed by atoms with E-state index in [1.54, 1.807) is 0 Å².